The summed E-state index contributed by atoms with van der Waals surface area (Å²) in [4.78, 5) is 43.6. The Morgan fingerprint density at radius 2 is 1.91 bits per heavy atom. The standard InChI is InChI=1S/C24H21ClN4O4/c1-2-21(30)26-12-11-15-14-7-3-5-9-18(14)27-19(15)13-16-22(31)28-24(33)29(23(16)32)20-10-6-4-8-17(20)25/h3-10,13,32H,2,11-12H2,1H3,(H,26,30)(H,28,31,33)/b19-13-. The number of benzene rings is 2. The highest BCUT2D eigenvalue weighted by molar-refractivity contribution is 6.32. The predicted octanol–water partition coefficient (Wildman–Crippen LogP) is 1.63. The molecular formula is C24H21ClN4O4. The monoisotopic (exact) mass is 464 g/mol. The summed E-state index contributed by atoms with van der Waals surface area (Å²) < 4.78 is 0.944. The molecule has 0 fully saturated rings. The first kappa shape index (κ1) is 22.3. The maximum absolute atomic E-state index is 12.6. The number of rotatable bonds is 6. The molecule has 3 N–H and O–H groups in total. The number of aromatic nitrogens is 2. The minimum absolute atomic E-state index is 0.0646. The summed E-state index contributed by atoms with van der Waals surface area (Å²) in [6.07, 6.45) is 2.30. The van der Waals surface area contributed by atoms with Crippen molar-refractivity contribution in [1.82, 2.24) is 14.9 Å². The summed E-state index contributed by atoms with van der Waals surface area (Å²) in [5, 5.41) is 15.6. The largest absolute Gasteiger partial charge is 0.494 e. The van der Waals surface area contributed by atoms with Gasteiger partial charge in [0.15, 0.2) is 0 Å². The van der Waals surface area contributed by atoms with Gasteiger partial charge in [-0.1, -0.05) is 48.9 Å². The second kappa shape index (κ2) is 9.30. The van der Waals surface area contributed by atoms with Gasteiger partial charge < -0.3 is 10.4 Å². The minimum Gasteiger partial charge on any atom is -0.494 e. The zero-order valence-electron chi connectivity index (χ0n) is 17.8. The zero-order chi connectivity index (χ0) is 23.5. The van der Waals surface area contributed by atoms with Gasteiger partial charge >= 0.3 is 5.69 Å². The molecule has 0 atom stereocenters. The van der Waals surface area contributed by atoms with Crippen LogP contribution < -0.4 is 27.1 Å². The van der Waals surface area contributed by atoms with Crippen molar-refractivity contribution in [2.75, 3.05) is 6.54 Å². The van der Waals surface area contributed by atoms with Crippen molar-refractivity contribution in [3.05, 3.63) is 96.2 Å². The van der Waals surface area contributed by atoms with Crippen LogP contribution in [0.25, 0.3) is 17.3 Å². The van der Waals surface area contributed by atoms with Crippen molar-refractivity contribution in [2.45, 2.75) is 19.8 Å². The van der Waals surface area contributed by atoms with Crippen molar-refractivity contribution in [1.29, 1.82) is 0 Å². The van der Waals surface area contributed by atoms with Crippen molar-refractivity contribution >= 4 is 29.2 Å². The maximum Gasteiger partial charge on any atom is 0.335 e. The number of nitrogens with one attached hydrogen (secondary N) is 2. The Bertz CT molecular complexity index is 1520. The molecule has 3 aromatic rings. The topological polar surface area (TPSA) is 117 Å². The summed E-state index contributed by atoms with van der Waals surface area (Å²) in [7, 11) is 0. The summed E-state index contributed by atoms with van der Waals surface area (Å²) in [5.74, 6) is -0.612. The smallest absolute Gasteiger partial charge is 0.335 e. The van der Waals surface area contributed by atoms with E-state index in [4.69, 9.17) is 11.6 Å². The molecule has 4 rings (SSSR count). The zero-order valence-corrected chi connectivity index (χ0v) is 18.5. The molecule has 0 unspecified atom stereocenters. The van der Waals surface area contributed by atoms with Gasteiger partial charge in [-0.05, 0) is 36.3 Å². The Morgan fingerprint density at radius 1 is 1.18 bits per heavy atom. The van der Waals surface area contributed by atoms with Gasteiger partial charge in [0.25, 0.3) is 5.56 Å². The van der Waals surface area contributed by atoms with E-state index in [2.05, 4.69) is 15.3 Å². The Hall–Kier alpha value is -3.91. The van der Waals surface area contributed by atoms with E-state index in [9.17, 15) is 19.5 Å². The van der Waals surface area contributed by atoms with E-state index in [0.717, 1.165) is 20.7 Å². The molecule has 0 aliphatic carbocycles. The van der Waals surface area contributed by atoms with Crippen LogP contribution in [0.2, 0.25) is 5.02 Å². The normalized spacial score (nSPS) is 13.6. The third-order valence-electron chi connectivity index (χ3n) is 5.29. The number of amides is 1. The van der Waals surface area contributed by atoms with Gasteiger partial charge in [0.1, 0.15) is 5.56 Å². The third kappa shape index (κ3) is 4.38. The Morgan fingerprint density at radius 3 is 2.67 bits per heavy atom. The van der Waals surface area contributed by atoms with Crippen LogP contribution in [0.15, 0.2) is 68.8 Å². The number of carbonyl (C=O) groups is 1. The number of para-hydroxylation sites is 2. The molecule has 1 aromatic heterocycles. The van der Waals surface area contributed by atoms with Crippen molar-refractivity contribution in [3.63, 3.8) is 0 Å². The highest BCUT2D eigenvalue weighted by atomic mass is 35.5. The lowest BCUT2D eigenvalue weighted by Crippen LogP contribution is -2.30. The van der Waals surface area contributed by atoms with E-state index in [1.807, 2.05) is 24.3 Å². The number of H-pyrrole nitrogens is 1. The van der Waals surface area contributed by atoms with E-state index in [1.165, 1.54) is 6.08 Å². The molecule has 33 heavy (non-hydrogen) atoms. The van der Waals surface area contributed by atoms with Crippen molar-refractivity contribution < 1.29 is 9.90 Å². The molecule has 2 aromatic carbocycles. The second-order valence-electron chi connectivity index (χ2n) is 7.37. The Labute approximate surface area is 193 Å². The van der Waals surface area contributed by atoms with Crippen molar-refractivity contribution in [3.8, 4) is 11.6 Å². The number of allylic oxidation sites excluding steroid dienone is 1. The van der Waals surface area contributed by atoms with E-state index in [-0.39, 0.29) is 22.2 Å². The number of hydrogen-bond donors (Lipinski definition) is 3. The van der Waals surface area contributed by atoms with Crippen LogP contribution in [-0.2, 0) is 4.79 Å². The molecular weight excluding hydrogens is 444 g/mol. The van der Waals surface area contributed by atoms with Crippen LogP contribution in [0, 0.1) is 0 Å². The number of halogens is 1. The predicted molar refractivity (Wildman–Crippen MR) is 126 cm³/mol. The van der Waals surface area contributed by atoms with E-state index in [0.29, 0.717) is 25.1 Å². The number of nitrogens with zero attached hydrogens (tertiary/aromatic N) is 2. The summed E-state index contributed by atoms with van der Waals surface area (Å²) >= 11 is 6.21. The lowest BCUT2D eigenvalue weighted by atomic mass is 10.1. The fourth-order valence-electron chi connectivity index (χ4n) is 3.66. The SMILES string of the molecule is CCC(=O)NCCC1=c2ccccc2=N/C1=C\c1c(O)n(-c2ccccc2Cl)c(=O)[nH]c1=O. The van der Waals surface area contributed by atoms with E-state index in [1.54, 1.807) is 31.2 Å². The van der Waals surface area contributed by atoms with Crippen LogP contribution in [0.1, 0.15) is 25.3 Å². The number of carbonyl (C=O) groups excluding carboxylic acids is 1. The first-order valence-corrected chi connectivity index (χ1v) is 10.8. The number of aromatic amines is 1. The third-order valence-corrected chi connectivity index (χ3v) is 5.61. The highest BCUT2D eigenvalue weighted by Crippen LogP contribution is 2.26. The van der Waals surface area contributed by atoms with Gasteiger partial charge in [0, 0.05) is 18.2 Å². The first-order valence-electron chi connectivity index (χ1n) is 10.4. The van der Waals surface area contributed by atoms with Crippen LogP contribution in [0.3, 0.4) is 0 Å². The molecule has 168 valence electrons. The molecule has 2 heterocycles. The van der Waals surface area contributed by atoms with Crippen LogP contribution >= 0.6 is 11.6 Å². The maximum atomic E-state index is 12.6. The highest BCUT2D eigenvalue weighted by Gasteiger charge is 2.19. The Kier molecular flexibility index (Phi) is 6.28. The molecule has 0 radical (unpaired) electrons. The molecule has 8 nitrogen and oxygen atoms in total. The van der Waals surface area contributed by atoms with Gasteiger partial charge in [0.05, 0.1) is 21.8 Å². The molecule has 9 heteroatoms. The second-order valence-corrected chi connectivity index (χ2v) is 7.78. The van der Waals surface area contributed by atoms with Crippen molar-refractivity contribution in [2.24, 2.45) is 4.99 Å². The number of hydrogen-bond acceptors (Lipinski definition) is 5. The minimum atomic E-state index is -0.814. The average molecular weight is 465 g/mol. The summed E-state index contributed by atoms with van der Waals surface area (Å²) in [6.45, 7) is 2.17. The summed E-state index contributed by atoms with van der Waals surface area (Å²) in [5.41, 5.74) is -0.181. The average Bonchev–Trinajstić information content (AvgIpc) is 3.15. The molecule has 1 amide bonds. The lowest BCUT2D eigenvalue weighted by molar-refractivity contribution is -0.120. The van der Waals surface area contributed by atoms with Gasteiger partial charge in [-0.25, -0.2) is 14.4 Å². The summed E-state index contributed by atoms with van der Waals surface area (Å²) in [6, 6.07) is 14.0. The molecule has 0 saturated heterocycles. The molecule has 0 spiro atoms. The molecule has 1 aliphatic heterocycles. The number of aromatic hydroxyl groups is 1. The van der Waals surface area contributed by atoms with Gasteiger partial charge in [-0.3, -0.25) is 14.6 Å². The van der Waals surface area contributed by atoms with Gasteiger partial charge in [-0.15, -0.1) is 0 Å². The first-order chi connectivity index (χ1) is 15.9. The van der Waals surface area contributed by atoms with Gasteiger partial charge in [-0.2, -0.15) is 0 Å². The van der Waals surface area contributed by atoms with Gasteiger partial charge in [0.2, 0.25) is 11.8 Å². The lowest BCUT2D eigenvalue weighted by Gasteiger charge is -2.12. The van der Waals surface area contributed by atoms with Crippen LogP contribution in [-0.4, -0.2) is 27.1 Å². The Balaban J connectivity index is 1.85. The molecule has 0 bridgehead atoms. The fraction of sp³-hybridized carbons (Fsp3) is 0.167. The number of fused-ring (bicyclic) bond motifs is 1. The quantitative estimate of drug-likeness (QED) is 0.514. The van der Waals surface area contributed by atoms with E-state index >= 15 is 0 Å². The molecule has 0 saturated carbocycles. The van der Waals surface area contributed by atoms with Crippen LogP contribution in [0.4, 0.5) is 0 Å². The fourth-order valence-corrected chi connectivity index (χ4v) is 3.88. The van der Waals surface area contributed by atoms with E-state index < -0.39 is 17.1 Å². The molecule has 1 aliphatic rings. The van der Waals surface area contributed by atoms with Crippen LogP contribution in [0.5, 0.6) is 5.88 Å².